The molecule has 4 heterocycles. The number of anilines is 1. The third-order valence-electron chi connectivity index (χ3n) is 5.28. The topological polar surface area (TPSA) is 99.3 Å². The van der Waals surface area contributed by atoms with Crippen LogP contribution in [0.5, 0.6) is 0 Å². The minimum absolute atomic E-state index is 0.507. The Balaban J connectivity index is 0.000000192. The van der Waals surface area contributed by atoms with Gasteiger partial charge in [0.15, 0.2) is 6.29 Å². The van der Waals surface area contributed by atoms with Crippen LogP contribution in [0.3, 0.4) is 0 Å². The normalized spacial score (nSPS) is 13.1. The maximum absolute atomic E-state index is 10.2. The van der Waals surface area contributed by atoms with Crippen molar-refractivity contribution in [1.82, 2.24) is 25.1 Å². The quantitative estimate of drug-likeness (QED) is 0.451. The number of pyridine rings is 2. The van der Waals surface area contributed by atoms with Gasteiger partial charge in [0, 0.05) is 47.3 Å². The van der Waals surface area contributed by atoms with Crippen LogP contribution in [-0.4, -0.2) is 38.5 Å². The Morgan fingerprint density at radius 3 is 2.59 bits per heavy atom. The summed E-state index contributed by atoms with van der Waals surface area (Å²) >= 11 is 0. The molecule has 148 valence electrons. The van der Waals surface area contributed by atoms with E-state index in [1.807, 2.05) is 39.5 Å². The summed E-state index contributed by atoms with van der Waals surface area (Å²) in [6.07, 6.45) is 9.08. The van der Waals surface area contributed by atoms with Gasteiger partial charge in [-0.2, -0.15) is 5.10 Å². The second-order valence-electron chi connectivity index (χ2n) is 7.35. The zero-order valence-corrected chi connectivity index (χ0v) is 16.8. The highest BCUT2D eigenvalue weighted by atomic mass is 16.1. The predicted molar refractivity (Wildman–Crippen MR) is 114 cm³/mol. The minimum atomic E-state index is 0.507. The fourth-order valence-electron chi connectivity index (χ4n) is 3.17. The molecule has 0 unspecified atom stereocenters. The maximum atomic E-state index is 10.2. The summed E-state index contributed by atoms with van der Waals surface area (Å²) in [5, 5.41) is 10.7. The van der Waals surface area contributed by atoms with Gasteiger partial charge >= 0.3 is 0 Å². The van der Waals surface area contributed by atoms with Gasteiger partial charge < -0.3 is 10.3 Å². The number of nitrogens with zero attached hydrogens (tertiary/aromatic N) is 3. The molecule has 0 spiro atoms. The van der Waals surface area contributed by atoms with E-state index in [4.69, 9.17) is 0 Å². The Morgan fingerprint density at radius 2 is 1.97 bits per heavy atom. The van der Waals surface area contributed by atoms with Gasteiger partial charge in [-0.3, -0.25) is 14.9 Å². The van der Waals surface area contributed by atoms with E-state index in [-0.39, 0.29) is 0 Å². The third-order valence-corrected chi connectivity index (χ3v) is 5.28. The molecule has 0 radical (unpaired) electrons. The number of nitrogens with one attached hydrogen (secondary N) is 3. The Hall–Kier alpha value is -3.48. The van der Waals surface area contributed by atoms with E-state index in [0.717, 1.165) is 51.4 Å². The summed E-state index contributed by atoms with van der Waals surface area (Å²) in [4.78, 5) is 22.3. The number of hydrogen-bond donors (Lipinski definition) is 3. The average Bonchev–Trinajstić information content (AvgIpc) is 3.44. The van der Waals surface area contributed by atoms with Crippen LogP contribution in [0.25, 0.3) is 22.3 Å². The zero-order valence-electron chi connectivity index (χ0n) is 16.8. The third kappa shape index (κ3) is 4.03. The van der Waals surface area contributed by atoms with Crippen molar-refractivity contribution in [3.05, 3.63) is 59.3 Å². The second-order valence-corrected chi connectivity index (χ2v) is 7.35. The first-order chi connectivity index (χ1) is 14.1. The summed E-state index contributed by atoms with van der Waals surface area (Å²) in [6, 6.07) is 6.48. The Morgan fingerprint density at radius 1 is 1.14 bits per heavy atom. The average molecular weight is 388 g/mol. The number of hydrogen-bond acceptors (Lipinski definition) is 5. The monoisotopic (exact) mass is 388 g/mol. The van der Waals surface area contributed by atoms with Gasteiger partial charge in [0.1, 0.15) is 11.3 Å². The molecule has 1 aliphatic rings. The number of aldehydes is 1. The number of aromatic nitrogens is 5. The van der Waals surface area contributed by atoms with Crippen LogP contribution in [0.1, 0.15) is 46.1 Å². The molecule has 1 fully saturated rings. The molecule has 4 aromatic heterocycles. The molecule has 0 saturated heterocycles. The van der Waals surface area contributed by atoms with Crippen LogP contribution in [0.15, 0.2) is 36.8 Å². The lowest BCUT2D eigenvalue weighted by atomic mass is 10.1. The van der Waals surface area contributed by atoms with Gasteiger partial charge in [-0.1, -0.05) is 0 Å². The number of carbonyl (C=O) groups excluding carboxylic acids is 1. The molecule has 3 N–H and O–H groups in total. The van der Waals surface area contributed by atoms with E-state index in [1.165, 1.54) is 18.4 Å². The molecule has 5 rings (SSSR count). The molecular weight excluding hydrogens is 364 g/mol. The van der Waals surface area contributed by atoms with E-state index in [2.05, 4.69) is 48.7 Å². The van der Waals surface area contributed by atoms with Crippen LogP contribution >= 0.6 is 0 Å². The highest BCUT2D eigenvalue weighted by Crippen LogP contribution is 2.40. The SMILES string of the molecule is CNc1cnc2[nH]c(-c3cncc(C4CC4)c3)cc2c1.Cc1[nH]nc(C=O)c1C. The van der Waals surface area contributed by atoms with Crippen molar-refractivity contribution in [2.24, 2.45) is 0 Å². The van der Waals surface area contributed by atoms with Crippen LogP contribution in [0.2, 0.25) is 0 Å². The molecule has 0 aliphatic heterocycles. The smallest absolute Gasteiger partial charge is 0.170 e. The molecular formula is C22H24N6O. The van der Waals surface area contributed by atoms with E-state index < -0.39 is 0 Å². The molecule has 1 aliphatic carbocycles. The predicted octanol–water partition coefficient (Wildman–Crippen LogP) is 4.38. The van der Waals surface area contributed by atoms with Gasteiger partial charge in [-0.15, -0.1) is 0 Å². The van der Waals surface area contributed by atoms with Gasteiger partial charge in [0.05, 0.1) is 11.9 Å². The summed E-state index contributed by atoms with van der Waals surface area (Å²) < 4.78 is 0. The Labute approximate surface area is 169 Å². The van der Waals surface area contributed by atoms with Crippen molar-refractivity contribution in [3.63, 3.8) is 0 Å². The van der Waals surface area contributed by atoms with Crippen molar-refractivity contribution >= 4 is 23.0 Å². The van der Waals surface area contributed by atoms with Crippen molar-refractivity contribution in [2.45, 2.75) is 32.6 Å². The standard InChI is InChI=1S/C16H16N4.C6H8N2O/c1-17-14-5-11-6-15(20-16(11)19-9-14)13-4-12(7-18-8-13)10-2-3-10;1-4-5(2)7-8-6(4)3-9/h4-10,17H,2-3H2,1H3,(H,19,20);3H,1-2H3,(H,7,8). The number of H-pyrrole nitrogens is 2. The number of carbonyl (C=O) groups is 1. The fourth-order valence-corrected chi connectivity index (χ4v) is 3.17. The molecule has 7 nitrogen and oxygen atoms in total. The number of rotatable bonds is 4. The largest absolute Gasteiger partial charge is 0.387 e. The molecule has 29 heavy (non-hydrogen) atoms. The van der Waals surface area contributed by atoms with Crippen molar-refractivity contribution < 1.29 is 4.79 Å². The summed E-state index contributed by atoms with van der Waals surface area (Å²) in [6.45, 7) is 3.75. The molecule has 0 amide bonds. The number of fused-ring (bicyclic) bond motifs is 1. The van der Waals surface area contributed by atoms with Crippen molar-refractivity contribution in [2.75, 3.05) is 12.4 Å². The van der Waals surface area contributed by atoms with Crippen LogP contribution in [0.4, 0.5) is 5.69 Å². The molecule has 7 heteroatoms. The molecule has 0 aromatic carbocycles. The van der Waals surface area contributed by atoms with Gasteiger partial charge in [-0.25, -0.2) is 4.98 Å². The van der Waals surface area contributed by atoms with Gasteiger partial charge in [0.25, 0.3) is 0 Å². The fraction of sp³-hybridized carbons (Fsp3) is 0.273. The minimum Gasteiger partial charge on any atom is -0.387 e. The Kier molecular flexibility index (Phi) is 5.12. The van der Waals surface area contributed by atoms with Crippen LogP contribution in [-0.2, 0) is 0 Å². The van der Waals surface area contributed by atoms with E-state index in [9.17, 15) is 4.79 Å². The van der Waals surface area contributed by atoms with Crippen molar-refractivity contribution in [3.8, 4) is 11.3 Å². The van der Waals surface area contributed by atoms with Crippen LogP contribution in [0, 0.1) is 13.8 Å². The van der Waals surface area contributed by atoms with Gasteiger partial charge in [-0.05, 0) is 56.4 Å². The first-order valence-electron chi connectivity index (χ1n) is 9.67. The summed E-state index contributed by atoms with van der Waals surface area (Å²) in [7, 11) is 1.90. The first-order valence-corrected chi connectivity index (χ1v) is 9.67. The highest BCUT2D eigenvalue weighted by molar-refractivity contribution is 5.85. The van der Waals surface area contributed by atoms with Gasteiger partial charge in [0.2, 0.25) is 0 Å². The zero-order chi connectivity index (χ0) is 20.4. The molecule has 0 bridgehead atoms. The van der Waals surface area contributed by atoms with E-state index in [1.54, 1.807) is 0 Å². The van der Waals surface area contributed by atoms with Crippen molar-refractivity contribution in [1.29, 1.82) is 0 Å². The molecule has 0 atom stereocenters. The second kappa shape index (κ2) is 7.87. The van der Waals surface area contributed by atoms with Crippen LogP contribution < -0.4 is 5.32 Å². The summed E-state index contributed by atoms with van der Waals surface area (Å²) in [5.74, 6) is 0.723. The Bertz CT molecular complexity index is 1160. The molecule has 1 saturated carbocycles. The first kappa shape index (κ1) is 18.9. The lowest BCUT2D eigenvalue weighted by molar-refractivity contribution is 0.111. The highest BCUT2D eigenvalue weighted by Gasteiger charge is 2.24. The van der Waals surface area contributed by atoms with E-state index >= 15 is 0 Å². The number of aryl methyl sites for hydroxylation is 1. The van der Waals surface area contributed by atoms with E-state index in [0.29, 0.717) is 5.69 Å². The lowest BCUT2D eigenvalue weighted by Crippen LogP contribution is -1.88. The summed E-state index contributed by atoms with van der Waals surface area (Å²) in [5.41, 5.74) is 7.90. The lowest BCUT2D eigenvalue weighted by Gasteiger charge is -2.01. The maximum Gasteiger partial charge on any atom is 0.170 e. The molecule has 4 aromatic rings. The number of aromatic amines is 2.